The van der Waals surface area contributed by atoms with Crippen LogP contribution in [-0.2, 0) is 15.7 Å². The highest BCUT2D eigenvalue weighted by atomic mass is 19.4. The molecule has 1 aromatic rings. The Kier molecular flexibility index (Phi) is 5.57. The van der Waals surface area contributed by atoms with Crippen molar-refractivity contribution in [2.75, 3.05) is 13.2 Å². The molecule has 1 rings (SSSR count). The maximum absolute atomic E-state index is 12.3. The summed E-state index contributed by atoms with van der Waals surface area (Å²) in [5.41, 5.74) is 4.99. The van der Waals surface area contributed by atoms with E-state index in [9.17, 15) is 18.0 Å². The highest BCUT2D eigenvalue weighted by molar-refractivity contribution is 5.87. The Morgan fingerprint density at radius 2 is 1.89 bits per heavy atom. The van der Waals surface area contributed by atoms with E-state index in [1.165, 1.54) is 24.3 Å². The molecule has 0 amide bonds. The van der Waals surface area contributed by atoms with Gasteiger partial charge in [-0.25, -0.2) is 4.79 Å². The minimum absolute atomic E-state index is 0.229. The van der Waals surface area contributed by atoms with Crippen molar-refractivity contribution in [2.45, 2.75) is 12.6 Å². The van der Waals surface area contributed by atoms with E-state index in [2.05, 4.69) is 0 Å². The smallest absolute Gasteiger partial charge is 0.416 e. The van der Waals surface area contributed by atoms with Crippen LogP contribution < -0.4 is 5.73 Å². The number of halogens is 3. The minimum Gasteiger partial charge on any atom is -0.462 e. The first-order valence-corrected chi connectivity index (χ1v) is 5.65. The lowest BCUT2D eigenvalue weighted by molar-refractivity contribution is -0.138. The highest BCUT2D eigenvalue weighted by Crippen LogP contribution is 2.29. The van der Waals surface area contributed by atoms with E-state index in [0.29, 0.717) is 18.5 Å². The first-order valence-electron chi connectivity index (χ1n) is 5.65. The fourth-order valence-electron chi connectivity index (χ4n) is 1.25. The van der Waals surface area contributed by atoms with Gasteiger partial charge in [0.2, 0.25) is 0 Å². The molecule has 1 aromatic carbocycles. The van der Waals surface area contributed by atoms with Gasteiger partial charge in [-0.15, -0.1) is 0 Å². The molecule has 0 bridgehead atoms. The Morgan fingerprint density at radius 3 is 2.42 bits per heavy atom. The molecule has 0 aromatic heterocycles. The summed E-state index contributed by atoms with van der Waals surface area (Å²) in [7, 11) is 0. The number of ether oxygens (including phenoxy) is 1. The molecule has 0 aliphatic rings. The molecule has 0 spiro atoms. The number of benzene rings is 1. The number of nitrogens with two attached hydrogens (primary N) is 1. The number of hydrogen-bond acceptors (Lipinski definition) is 3. The Bertz CT molecular complexity index is 438. The second-order valence-electron chi connectivity index (χ2n) is 3.76. The largest absolute Gasteiger partial charge is 0.462 e. The zero-order chi connectivity index (χ0) is 14.3. The quantitative estimate of drug-likeness (QED) is 0.509. The number of hydrogen-bond donors (Lipinski definition) is 1. The van der Waals surface area contributed by atoms with Crippen molar-refractivity contribution in [3.63, 3.8) is 0 Å². The fraction of sp³-hybridized carbons (Fsp3) is 0.308. The third kappa shape index (κ3) is 5.56. The summed E-state index contributed by atoms with van der Waals surface area (Å²) in [6.45, 7) is 0.655. The van der Waals surface area contributed by atoms with Gasteiger partial charge in [0.1, 0.15) is 0 Å². The van der Waals surface area contributed by atoms with Gasteiger partial charge in [0.25, 0.3) is 0 Å². The van der Waals surface area contributed by atoms with E-state index in [1.807, 2.05) is 0 Å². The monoisotopic (exact) mass is 273 g/mol. The molecule has 0 aliphatic carbocycles. The molecular weight excluding hydrogens is 259 g/mol. The van der Waals surface area contributed by atoms with Crippen LogP contribution in [0.3, 0.4) is 0 Å². The lowest BCUT2D eigenvalue weighted by atomic mass is 10.1. The summed E-state index contributed by atoms with van der Waals surface area (Å²) < 4.78 is 41.7. The molecule has 0 radical (unpaired) electrons. The maximum atomic E-state index is 12.3. The van der Waals surface area contributed by atoms with Gasteiger partial charge in [0.05, 0.1) is 12.2 Å². The summed E-state index contributed by atoms with van der Waals surface area (Å²) in [6, 6.07) is 4.48. The number of rotatable bonds is 5. The van der Waals surface area contributed by atoms with Crippen molar-refractivity contribution < 1.29 is 22.7 Å². The SMILES string of the molecule is NCCCOC(=O)/C=C/c1ccc(C(F)(F)F)cc1. The summed E-state index contributed by atoms with van der Waals surface area (Å²) in [5, 5.41) is 0. The van der Waals surface area contributed by atoms with Gasteiger partial charge in [-0.1, -0.05) is 12.1 Å². The summed E-state index contributed by atoms with van der Waals surface area (Å²) >= 11 is 0. The second kappa shape index (κ2) is 6.94. The molecule has 104 valence electrons. The molecule has 0 atom stereocenters. The van der Waals surface area contributed by atoms with E-state index in [1.54, 1.807) is 0 Å². The molecule has 0 aliphatic heterocycles. The normalized spacial score (nSPS) is 11.8. The van der Waals surface area contributed by atoms with Crippen molar-refractivity contribution in [1.29, 1.82) is 0 Å². The zero-order valence-corrected chi connectivity index (χ0v) is 10.1. The van der Waals surface area contributed by atoms with Crippen LogP contribution in [0.1, 0.15) is 17.5 Å². The van der Waals surface area contributed by atoms with E-state index in [-0.39, 0.29) is 6.61 Å². The molecule has 0 fully saturated rings. The van der Waals surface area contributed by atoms with Gasteiger partial charge >= 0.3 is 12.1 Å². The maximum Gasteiger partial charge on any atom is 0.416 e. The van der Waals surface area contributed by atoms with Gasteiger partial charge < -0.3 is 10.5 Å². The molecule has 3 nitrogen and oxygen atoms in total. The molecule has 0 saturated carbocycles. The van der Waals surface area contributed by atoms with Gasteiger partial charge in [-0.05, 0) is 36.7 Å². The number of alkyl halides is 3. The van der Waals surface area contributed by atoms with Crippen LogP contribution in [0, 0.1) is 0 Å². The van der Waals surface area contributed by atoms with Crippen molar-refractivity contribution in [2.24, 2.45) is 5.73 Å². The average molecular weight is 273 g/mol. The first-order chi connectivity index (χ1) is 8.93. The van der Waals surface area contributed by atoms with Crippen molar-refractivity contribution in [3.05, 3.63) is 41.5 Å². The highest BCUT2D eigenvalue weighted by Gasteiger charge is 2.29. The van der Waals surface area contributed by atoms with Crippen molar-refractivity contribution >= 4 is 12.0 Å². The van der Waals surface area contributed by atoms with E-state index < -0.39 is 17.7 Å². The molecule has 0 unspecified atom stereocenters. The third-order valence-corrected chi connectivity index (χ3v) is 2.24. The molecule has 0 heterocycles. The van der Waals surface area contributed by atoms with Crippen molar-refractivity contribution in [1.82, 2.24) is 0 Å². The summed E-state index contributed by atoms with van der Waals surface area (Å²) in [4.78, 5) is 11.2. The summed E-state index contributed by atoms with van der Waals surface area (Å²) in [6.07, 6.45) is -1.23. The van der Waals surface area contributed by atoms with Crippen LogP contribution in [0.25, 0.3) is 6.08 Å². The first kappa shape index (κ1) is 15.2. The molecule has 0 saturated heterocycles. The Labute approximate surface area is 108 Å². The van der Waals surface area contributed by atoms with Gasteiger partial charge in [-0.3, -0.25) is 0 Å². The standard InChI is InChI=1S/C13H14F3NO2/c14-13(15,16)11-5-2-10(3-6-11)4-7-12(18)19-9-1-8-17/h2-7H,1,8-9,17H2/b7-4+. The lowest BCUT2D eigenvalue weighted by Gasteiger charge is -2.05. The molecular formula is C13H14F3NO2. The fourth-order valence-corrected chi connectivity index (χ4v) is 1.25. The van der Waals surface area contributed by atoms with Crippen molar-refractivity contribution in [3.8, 4) is 0 Å². The van der Waals surface area contributed by atoms with Gasteiger partial charge in [-0.2, -0.15) is 13.2 Å². The van der Waals surface area contributed by atoms with E-state index >= 15 is 0 Å². The summed E-state index contributed by atoms with van der Waals surface area (Å²) in [5.74, 6) is -0.548. The molecule has 6 heteroatoms. The Morgan fingerprint density at radius 1 is 1.26 bits per heavy atom. The topological polar surface area (TPSA) is 52.3 Å². The third-order valence-electron chi connectivity index (χ3n) is 2.24. The van der Waals surface area contributed by atoms with Crippen LogP contribution >= 0.6 is 0 Å². The van der Waals surface area contributed by atoms with Crippen LogP contribution in [0.2, 0.25) is 0 Å². The Balaban J connectivity index is 2.55. The average Bonchev–Trinajstić information content (AvgIpc) is 2.36. The predicted octanol–water partition coefficient (Wildman–Crippen LogP) is 2.61. The number of carbonyl (C=O) groups is 1. The van der Waals surface area contributed by atoms with Crippen LogP contribution in [0.5, 0.6) is 0 Å². The second-order valence-corrected chi connectivity index (χ2v) is 3.76. The van der Waals surface area contributed by atoms with Crippen LogP contribution in [0.4, 0.5) is 13.2 Å². The van der Waals surface area contributed by atoms with Gasteiger partial charge in [0, 0.05) is 6.08 Å². The molecule has 2 N–H and O–H groups in total. The number of esters is 1. The van der Waals surface area contributed by atoms with Crippen LogP contribution in [0.15, 0.2) is 30.3 Å². The van der Waals surface area contributed by atoms with E-state index in [0.717, 1.165) is 12.1 Å². The predicted molar refractivity (Wildman–Crippen MR) is 65.1 cm³/mol. The number of carbonyl (C=O) groups excluding carboxylic acids is 1. The lowest BCUT2D eigenvalue weighted by Crippen LogP contribution is -2.07. The van der Waals surface area contributed by atoms with Crippen LogP contribution in [-0.4, -0.2) is 19.1 Å². The zero-order valence-electron chi connectivity index (χ0n) is 10.1. The van der Waals surface area contributed by atoms with Gasteiger partial charge in [0.15, 0.2) is 0 Å². The minimum atomic E-state index is -4.36. The van der Waals surface area contributed by atoms with E-state index in [4.69, 9.17) is 10.5 Å². The molecule has 19 heavy (non-hydrogen) atoms. The Hall–Kier alpha value is -1.82.